The predicted octanol–water partition coefficient (Wildman–Crippen LogP) is 3.95. The molecule has 1 fully saturated rings. The SMILES string of the molecule is COC(=O)[C@@H]1CCCN1C(=O)c1cccc(N=Nc2ccc(N(C)C)cc2)c1. The summed E-state index contributed by atoms with van der Waals surface area (Å²) >= 11 is 0. The fourth-order valence-electron chi connectivity index (χ4n) is 3.19. The number of esters is 1. The van der Waals surface area contributed by atoms with Gasteiger partial charge in [0.15, 0.2) is 0 Å². The Morgan fingerprint density at radius 2 is 1.79 bits per heavy atom. The minimum absolute atomic E-state index is 0.194. The van der Waals surface area contributed by atoms with Gasteiger partial charge in [0.2, 0.25) is 0 Å². The van der Waals surface area contributed by atoms with Crippen LogP contribution in [0.15, 0.2) is 58.8 Å². The predicted molar refractivity (Wildman–Crippen MR) is 107 cm³/mol. The Hall–Kier alpha value is -3.22. The highest BCUT2D eigenvalue weighted by Gasteiger charge is 2.35. The highest BCUT2D eigenvalue weighted by molar-refractivity contribution is 5.97. The smallest absolute Gasteiger partial charge is 0.328 e. The van der Waals surface area contributed by atoms with Gasteiger partial charge in [-0.25, -0.2) is 4.79 Å². The summed E-state index contributed by atoms with van der Waals surface area (Å²) < 4.78 is 4.82. The number of hydrogen-bond donors (Lipinski definition) is 0. The van der Waals surface area contributed by atoms with Crippen LogP contribution in [0.3, 0.4) is 0 Å². The molecule has 0 spiro atoms. The van der Waals surface area contributed by atoms with Crippen LogP contribution in [0.5, 0.6) is 0 Å². The molecule has 0 aliphatic carbocycles. The van der Waals surface area contributed by atoms with E-state index in [0.29, 0.717) is 24.2 Å². The summed E-state index contributed by atoms with van der Waals surface area (Å²) in [5.41, 5.74) is 2.87. The van der Waals surface area contributed by atoms with Crippen LogP contribution < -0.4 is 4.90 Å². The van der Waals surface area contributed by atoms with Crippen LogP contribution >= 0.6 is 0 Å². The molecule has 0 N–H and O–H groups in total. The number of amides is 1. The van der Waals surface area contributed by atoms with Crippen molar-refractivity contribution in [3.8, 4) is 0 Å². The summed E-state index contributed by atoms with van der Waals surface area (Å²) in [6.45, 7) is 0.544. The molecule has 0 bridgehead atoms. The van der Waals surface area contributed by atoms with Crippen LogP contribution in [0.1, 0.15) is 23.2 Å². The Morgan fingerprint density at radius 1 is 1.07 bits per heavy atom. The lowest BCUT2D eigenvalue weighted by atomic mass is 10.1. The van der Waals surface area contributed by atoms with Crippen molar-refractivity contribution in [1.29, 1.82) is 0 Å². The number of carbonyl (C=O) groups excluding carboxylic acids is 2. The maximum Gasteiger partial charge on any atom is 0.328 e. The number of anilines is 1. The number of rotatable bonds is 5. The van der Waals surface area contributed by atoms with Crippen LogP contribution in [-0.2, 0) is 9.53 Å². The highest BCUT2D eigenvalue weighted by Crippen LogP contribution is 2.25. The van der Waals surface area contributed by atoms with Crippen molar-refractivity contribution in [2.75, 3.05) is 32.6 Å². The van der Waals surface area contributed by atoms with Crippen molar-refractivity contribution in [1.82, 2.24) is 4.90 Å². The number of benzene rings is 2. The summed E-state index contributed by atoms with van der Waals surface area (Å²) in [5.74, 6) is -0.567. The van der Waals surface area contributed by atoms with Crippen molar-refractivity contribution in [2.24, 2.45) is 10.2 Å². The fourth-order valence-corrected chi connectivity index (χ4v) is 3.19. The van der Waals surface area contributed by atoms with Gasteiger partial charge in [0.25, 0.3) is 5.91 Å². The number of ether oxygens (including phenoxy) is 1. The molecule has 1 amide bonds. The maximum absolute atomic E-state index is 12.8. The lowest BCUT2D eigenvalue weighted by Gasteiger charge is -2.22. The second-order valence-electron chi connectivity index (χ2n) is 6.84. The van der Waals surface area contributed by atoms with Gasteiger partial charge >= 0.3 is 5.97 Å². The van der Waals surface area contributed by atoms with Crippen molar-refractivity contribution in [2.45, 2.75) is 18.9 Å². The molecule has 1 aliphatic heterocycles. The normalized spacial score (nSPS) is 16.4. The topological polar surface area (TPSA) is 74.6 Å². The van der Waals surface area contributed by atoms with Gasteiger partial charge in [-0.05, 0) is 55.3 Å². The second kappa shape index (κ2) is 8.65. The zero-order valence-corrected chi connectivity index (χ0v) is 16.3. The van der Waals surface area contributed by atoms with E-state index >= 15 is 0 Å². The van der Waals surface area contributed by atoms with E-state index < -0.39 is 6.04 Å². The maximum atomic E-state index is 12.8. The second-order valence-corrected chi connectivity index (χ2v) is 6.84. The van der Waals surface area contributed by atoms with Crippen LogP contribution in [0.2, 0.25) is 0 Å². The molecular formula is C21H24N4O3. The molecule has 2 aromatic carbocycles. The van der Waals surface area contributed by atoms with Gasteiger partial charge in [-0.2, -0.15) is 10.2 Å². The summed E-state index contributed by atoms with van der Waals surface area (Å²) in [6, 6.07) is 14.2. The third-order valence-electron chi connectivity index (χ3n) is 4.73. The standard InChI is InChI=1S/C21H24N4O3/c1-24(2)18-11-9-16(10-12-18)22-23-17-7-4-6-15(14-17)20(26)25-13-5-8-19(25)21(27)28-3/h4,6-7,9-12,14,19H,5,8,13H2,1-3H3/t19-/m0/s1. The first-order valence-corrected chi connectivity index (χ1v) is 9.17. The molecule has 7 heteroatoms. The van der Waals surface area contributed by atoms with Crippen LogP contribution in [-0.4, -0.2) is 50.6 Å². The van der Waals surface area contributed by atoms with E-state index in [2.05, 4.69) is 10.2 Å². The van der Waals surface area contributed by atoms with Crippen LogP contribution in [0.4, 0.5) is 17.1 Å². The average molecular weight is 380 g/mol. The lowest BCUT2D eigenvalue weighted by Crippen LogP contribution is -2.41. The molecule has 1 heterocycles. The minimum atomic E-state index is -0.516. The molecule has 7 nitrogen and oxygen atoms in total. The third kappa shape index (κ3) is 4.36. The fraction of sp³-hybridized carbons (Fsp3) is 0.333. The third-order valence-corrected chi connectivity index (χ3v) is 4.73. The van der Waals surface area contributed by atoms with Crippen molar-refractivity contribution >= 4 is 28.9 Å². The van der Waals surface area contributed by atoms with Gasteiger partial charge in [0.1, 0.15) is 6.04 Å². The zero-order valence-electron chi connectivity index (χ0n) is 16.3. The van der Waals surface area contributed by atoms with Gasteiger partial charge in [0, 0.05) is 31.9 Å². The summed E-state index contributed by atoms with van der Waals surface area (Å²) in [4.78, 5) is 28.3. The van der Waals surface area contributed by atoms with E-state index in [1.165, 1.54) is 7.11 Å². The van der Waals surface area contributed by atoms with E-state index in [-0.39, 0.29) is 11.9 Å². The molecule has 1 saturated heterocycles. The Morgan fingerprint density at radius 3 is 2.46 bits per heavy atom. The minimum Gasteiger partial charge on any atom is -0.467 e. The number of azo groups is 1. The van der Waals surface area contributed by atoms with Gasteiger partial charge in [-0.3, -0.25) is 4.79 Å². The van der Waals surface area contributed by atoms with E-state index in [0.717, 1.165) is 17.8 Å². The number of likely N-dealkylation sites (tertiary alicyclic amines) is 1. The number of carbonyl (C=O) groups is 2. The van der Waals surface area contributed by atoms with Crippen molar-refractivity contribution < 1.29 is 14.3 Å². The Kier molecular flexibility index (Phi) is 6.03. The molecule has 28 heavy (non-hydrogen) atoms. The summed E-state index contributed by atoms with van der Waals surface area (Å²) in [6.07, 6.45) is 1.41. The van der Waals surface area contributed by atoms with E-state index in [9.17, 15) is 9.59 Å². The molecule has 1 aliphatic rings. The van der Waals surface area contributed by atoms with Crippen molar-refractivity contribution in [3.05, 3.63) is 54.1 Å². The summed E-state index contributed by atoms with van der Waals surface area (Å²) in [7, 11) is 5.30. The molecule has 0 saturated carbocycles. The van der Waals surface area contributed by atoms with E-state index in [4.69, 9.17) is 4.74 Å². The molecule has 0 radical (unpaired) electrons. The molecule has 146 valence electrons. The highest BCUT2D eigenvalue weighted by atomic mass is 16.5. The monoisotopic (exact) mass is 380 g/mol. The first kappa shape index (κ1) is 19.5. The number of hydrogen-bond acceptors (Lipinski definition) is 6. The molecule has 2 aromatic rings. The van der Waals surface area contributed by atoms with Gasteiger partial charge < -0.3 is 14.5 Å². The number of nitrogens with zero attached hydrogens (tertiary/aromatic N) is 4. The Balaban J connectivity index is 1.74. The first-order valence-electron chi connectivity index (χ1n) is 9.17. The lowest BCUT2D eigenvalue weighted by molar-refractivity contribution is -0.145. The Bertz CT molecular complexity index is 877. The van der Waals surface area contributed by atoms with Crippen molar-refractivity contribution in [3.63, 3.8) is 0 Å². The van der Waals surface area contributed by atoms with Crippen LogP contribution in [0.25, 0.3) is 0 Å². The molecule has 0 unspecified atom stereocenters. The van der Waals surface area contributed by atoms with Crippen LogP contribution in [0, 0.1) is 0 Å². The van der Waals surface area contributed by atoms with Gasteiger partial charge in [0.05, 0.1) is 18.5 Å². The number of methoxy groups -OCH3 is 1. The summed E-state index contributed by atoms with van der Waals surface area (Å²) in [5, 5.41) is 8.48. The largest absolute Gasteiger partial charge is 0.467 e. The molecule has 1 atom stereocenters. The molecule has 3 rings (SSSR count). The van der Waals surface area contributed by atoms with E-state index in [1.807, 2.05) is 43.3 Å². The average Bonchev–Trinajstić information content (AvgIpc) is 3.21. The molecular weight excluding hydrogens is 356 g/mol. The first-order chi connectivity index (χ1) is 13.5. The van der Waals surface area contributed by atoms with E-state index in [1.54, 1.807) is 29.2 Å². The Labute approximate surface area is 164 Å². The van der Waals surface area contributed by atoms with Gasteiger partial charge in [-0.1, -0.05) is 6.07 Å². The zero-order chi connectivity index (χ0) is 20.1. The molecule has 0 aromatic heterocycles. The van der Waals surface area contributed by atoms with Gasteiger partial charge in [-0.15, -0.1) is 0 Å². The quantitative estimate of drug-likeness (QED) is 0.581.